The smallest absolute Gasteiger partial charge is 0.384 e. The van der Waals surface area contributed by atoms with Gasteiger partial charge in [0.15, 0.2) is 0 Å². The van der Waals surface area contributed by atoms with Crippen LogP contribution in [0.3, 0.4) is 0 Å². The van der Waals surface area contributed by atoms with Crippen LogP contribution in [0.25, 0.3) is 0 Å². The Balaban J connectivity index is 2.64. The predicted molar refractivity (Wildman–Crippen MR) is 61.0 cm³/mol. The molecule has 1 amide bonds. The Morgan fingerprint density at radius 1 is 1.44 bits per heavy atom. The van der Waals surface area contributed by atoms with Gasteiger partial charge in [0, 0.05) is 17.8 Å². The molecule has 0 aliphatic heterocycles. The lowest BCUT2D eigenvalue weighted by atomic mass is 10.2. The first kappa shape index (κ1) is 14.3. The second-order valence-corrected chi connectivity index (χ2v) is 3.75. The molecule has 0 aliphatic rings. The van der Waals surface area contributed by atoms with Gasteiger partial charge < -0.3 is 11.1 Å². The number of nitrogens with two attached hydrogens (primary N) is 1. The number of aromatic nitrogens is 1. The summed E-state index contributed by atoms with van der Waals surface area (Å²) in [7, 11) is 0. The van der Waals surface area contributed by atoms with E-state index < -0.39 is 25.0 Å². The number of amides is 1. The van der Waals surface area contributed by atoms with E-state index in [-0.39, 0.29) is 11.4 Å². The van der Waals surface area contributed by atoms with Crippen LogP contribution in [0.1, 0.15) is 29.4 Å². The Bertz CT molecular complexity index is 432. The van der Waals surface area contributed by atoms with Gasteiger partial charge in [-0.3, -0.25) is 4.79 Å². The van der Waals surface area contributed by atoms with Crippen molar-refractivity contribution in [3.63, 3.8) is 0 Å². The van der Waals surface area contributed by atoms with E-state index in [4.69, 9.17) is 5.73 Å². The third-order valence-electron chi connectivity index (χ3n) is 2.22. The van der Waals surface area contributed by atoms with Crippen molar-refractivity contribution in [2.24, 2.45) is 0 Å². The van der Waals surface area contributed by atoms with Crippen LogP contribution >= 0.6 is 0 Å². The van der Waals surface area contributed by atoms with E-state index in [1.807, 2.05) is 6.92 Å². The predicted octanol–water partition coefficient (Wildman–Crippen LogP) is 1.91. The molecule has 18 heavy (non-hydrogen) atoms. The molecule has 0 bridgehead atoms. The first-order chi connectivity index (χ1) is 8.31. The molecular formula is C11H14F3N3O. The molecule has 0 aliphatic carbocycles. The molecule has 0 saturated heterocycles. The van der Waals surface area contributed by atoms with Crippen molar-refractivity contribution in [1.82, 2.24) is 10.3 Å². The number of pyridine rings is 1. The second kappa shape index (κ2) is 5.70. The molecule has 1 aromatic rings. The van der Waals surface area contributed by atoms with Crippen LogP contribution in [-0.2, 0) is 6.42 Å². The van der Waals surface area contributed by atoms with E-state index >= 15 is 0 Å². The van der Waals surface area contributed by atoms with E-state index in [1.54, 1.807) is 0 Å². The fourth-order valence-electron chi connectivity index (χ4n) is 1.34. The summed E-state index contributed by atoms with van der Waals surface area (Å²) in [6.07, 6.45) is -4.74. The van der Waals surface area contributed by atoms with Crippen LogP contribution in [0.5, 0.6) is 0 Å². The van der Waals surface area contributed by atoms with Crippen molar-refractivity contribution in [1.29, 1.82) is 0 Å². The highest BCUT2D eigenvalue weighted by molar-refractivity contribution is 5.94. The van der Waals surface area contributed by atoms with Gasteiger partial charge in [-0.05, 0) is 18.6 Å². The van der Waals surface area contributed by atoms with Gasteiger partial charge in [0.1, 0.15) is 5.82 Å². The van der Waals surface area contributed by atoms with E-state index in [0.717, 1.165) is 0 Å². The van der Waals surface area contributed by atoms with Crippen molar-refractivity contribution in [3.8, 4) is 0 Å². The molecule has 100 valence electrons. The maximum atomic E-state index is 11.9. The highest BCUT2D eigenvalue weighted by Crippen LogP contribution is 2.18. The van der Waals surface area contributed by atoms with E-state index in [9.17, 15) is 18.0 Å². The monoisotopic (exact) mass is 261 g/mol. The third-order valence-corrected chi connectivity index (χ3v) is 2.22. The molecule has 0 aromatic carbocycles. The minimum Gasteiger partial charge on any atom is -0.384 e. The minimum atomic E-state index is -4.28. The number of aryl methyl sites for hydroxylation is 1. The molecule has 0 radical (unpaired) electrons. The number of rotatable bonds is 4. The van der Waals surface area contributed by atoms with Crippen LogP contribution in [-0.4, -0.2) is 23.6 Å². The molecule has 0 saturated carbocycles. The molecule has 0 atom stereocenters. The Labute approximate surface area is 102 Å². The number of nitrogens with one attached hydrogen (secondary N) is 1. The summed E-state index contributed by atoms with van der Waals surface area (Å²) in [6, 6.07) is 2.85. The molecule has 0 spiro atoms. The average molecular weight is 261 g/mol. The summed E-state index contributed by atoms with van der Waals surface area (Å²) >= 11 is 0. The molecule has 1 heterocycles. The Morgan fingerprint density at radius 2 is 2.11 bits per heavy atom. The van der Waals surface area contributed by atoms with Gasteiger partial charge in [-0.2, -0.15) is 13.2 Å². The van der Waals surface area contributed by atoms with Gasteiger partial charge in [0.25, 0.3) is 5.91 Å². The van der Waals surface area contributed by atoms with Gasteiger partial charge in [0.05, 0.1) is 6.42 Å². The first-order valence-electron chi connectivity index (χ1n) is 5.43. The van der Waals surface area contributed by atoms with Crippen LogP contribution < -0.4 is 11.1 Å². The zero-order valence-electron chi connectivity index (χ0n) is 9.84. The summed E-state index contributed by atoms with van der Waals surface area (Å²) in [5.41, 5.74) is 6.34. The summed E-state index contributed by atoms with van der Waals surface area (Å²) < 4.78 is 35.7. The number of nitrogen functional groups attached to an aromatic ring is 1. The lowest BCUT2D eigenvalue weighted by Gasteiger charge is -2.09. The van der Waals surface area contributed by atoms with Crippen LogP contribution in [0.4, 0.5) is 19.0 Å². The number of halogens is 3. The van der Waals surface area contributed by atoms with Crippen molar-refractivity contribution < 1.29 is 18.0 Å². The number of alkyl halides is 3. The number of hydrogen-bond donors (Lipinski definition) is 2. The van der Waals surface area contributed by atoms with Crippen molar-refractivity contribution in [3.05, 3.63) is 23.4 Å². The Hall–Kier alpha value is -1.79. The van der Waals surface area contributed by atoms with Gasteiger partial charge in [-0.25, -0.2) is 4.98 Å². The van der Waals surface area contributed by atoms with Crippen LogP contribution in [0.2, 0.25) is 0 Å². The molecule has 1 rings (SSSR count). The molecular weight excluding hydrogens is 247 g/mol. The van der Waals surface area contributed by atoms with Gasteiger partial charge in [-0.15, -0.1) is 0 Å². The maximum Gasteiger partial charge on any atom is 0.390 e. The summed E-state index contributed by atoms with van der Waals surface area (Å²) in [4.78, 5) is 15.6. The molecule has 0 unspecified atom stereocenters. The van der Waals surface area contributed by atoms with Gasteiger partial charge in [-0.1, -0.05) is 6.92 Å². The zero-order valence-corrected chi connectivity index (χ0v) is 9.84. The van der Waals surface area contributed by atoms with Crippen molar-refractivity contribution in [2.75, 3.05) is 12.3 Å². The molecule has 7 heteroatoms. The number of anilines is 1. The minimum absolute atomic E-state index is 0.176. The normalized spacial score (nSPS) is 11.3. The van der Waals surface area contributed by atoms with E-state index in [1.165, 1.54) is 12.1 Å². The highest BCUT2D eigenvalue weighted by Gasteiger charge is 2.26. The van der Waals surface area contributed by atoms with Gasteiger partial charge >= 0.3 is 6.18 Å². The second-order valence-electron chi connectivity index (χ2n) is 3.75. The fraction of sp³-hybridized carbons (Fsp3) is 0.455. The van der Waals surface area contributed by atoms with Crippen molar-refractivity contribution >= 4 is 11.7 Å². The number of hydrogen-bond acceptors (Lipinski definition) is 3. The SMILES string of the molecule is CCc1cc(C(=O)NCCC(F)(F)F)cc(N)n1. The molecule has 3 N–H and O–H groups in total. The van der Waals surface area contributed by atoms with Crippen LogP contribution in [0, 0.1) is 0 Å². The van der Waals surface area contributed by atoms with E-state index in [2.05, 4.69) is 10.3 Å². The number of nitrogens with zero attached hydrogens (tertiary/aromatic N) is 1. The standard InChI is InChI=1S/C11H14F3N3O/c1-2-8-5-7(6-9(15)17-8)10(18)16-4-3-11(12,13)14/h5-6H,2-4H2,1H3,(H2,15,17)(H,16,18). The Kier molecular flexibility index (Phi) is 4.52. The quantitative estimate of drug-likeness (QED) is 0.869. The maximum absolute atomic E-state index is 11.9. The highest BCUT2D eigenvalue weighted by atomic mass is 19.4. The summed E-state index contributed by atoms with van der Waals surface area (Å²) in [5.74, 6) is -0.404. The van der Waals surface area contributed by atoms with Crippen LogP contribution in [0.15, 0.2) is 12.1 Å². The summed E-state index contributed by atoms with van der Waals surface area (Å²) in [5, 5.41) is 2.19. The topological polar surface area (TPSA) is 68.0 Å². The van der Waals surface area contributed by atoms with E-state index in [0.29, 0.717) is 12.1 Å². The molecule has 0 fully saturated rings. The lowest BCUT2D eigenvalue weighted by molar-refractivity contribution is -0.132. The zero-order chi connectivity index (χ0) is 13.8. The fourth-order valence-corrected chi connectivity index (χ4v) is 1.34. The number of carbonyl (C=O) groups excluding carboxylic acids is 1. The largest absolute Gasteiger partial charge is 0.390 e. The average Bonchev–Trinajstić information content (AvgIpc) is 2.26. The molecule has 1 aromatic heterocycles. The van der Waals surface area contributed by atoms with Gasteiger partial charge in [0.2, 0.25) is 0 Å². The molecule has 4 nitrogen and oxygen atoms in total. The van der Waals surface area contributed by atoms with Crippen molar-refractivity contribution in [2.45, 2.75) is 25.9 Å². The first-order valence-corrected chi connectivity index (χ1v) is 5.43. The summed E-state index contributed by atoms with van der Waals surface area (Å²) in [6.45, 7) is 1.39. The lowest BCUT2D eigenvalue weighted by Crippen LogP contribution is -2.28. The third kappa shape index (κ3) is 4.60. The Morgan fingerprint density at radius 3 is 2.67 bits per heavy atom. The number of carbonyl (C=O) groups is 1.